The molecule has 0 spiro atoms. The van der Waals surface area contributed by atoms with Crippen molar-refractivity contribution in [2.45, 2.75) is 6.92 Å². The first-order valence-corrected chi connectivity index (χ1v) is 12.1. The van der Waals surface area contributed by atoms with Crippen molar-refractivity contribution < 1.29 is 14.3 Å². The molecule has 1 aliphatic heterocycles. The zero-order valence-corrected chi connectivity index (χ0v) is 21.1. The first-order chi connectivity index (χ1) is 17.6. The van der Waals surface area contributed by atoms with Gasteiger partial charge in [0, 0.05) is 68.2 Å². The summed E-state index contributed by atoms with van der Waals surface area (Å²) in [4.78, 5) is 26.0. The van der Waals surface area contributed by atoms with Crippen LogP contribution in [0.4, 0.5) is 17.3 Å². The lowest BCUT2D eigenvalue weighted by Crippen LogP contribution is -2.46. The van der Waals surface area contributed by atoms with Crippen molar-refractivity contribution in [1.82, 2.24) is 14.9 Å². The average Bonchev–Trinajstić information content (AvgIpc) is 2.93. The summed E-state index contributed by atoms with van der Waals surface area (Å²) in [6.07, 6.45) is 7.33. The Kier molecular flexibility index (Phi) is 8.65. The van der Waals surface area contributed by atoms with E-state index in [9.17, 15) is 4.79 Å². The van der Waals surface area contributed by atoms with E-state index in [1.807, 2.05) is 30.4 Å². The molecule has 188 valence electrons. The van der Waals surface area contributed by atoms with Gasteiger partial charge in [-0.2, -0.15) is 0 Å². The molecule has 3 aromatic rings. The lowest BCUT2D eigenvalue weighted by Gasteiger charge is -2.35. The predicted molar refractivity (Wildman–Crippen MR) is 144 cm³/mol. The number of benzene rings is 2. The Bertz CT molecular complexity index is 1190. The summed E-state index contributed by atoms with van der Waals surface area (Å²) in [6, 6.07) is 13.8. The van der Waals surface area contributed by atoms with E-state index in [0.717, 1.165) is 49.5 Å². The third-order valence-electron chi connectivity index (χ3n) is 6.19. The van der Waals surface area contributed by atoms with E-state index in [4.69, 9.17) is 9.47 Å². The number of rotatable bonds is 10. The summed E-state index contributed by atoms with van der Waals surface area (Å²) in [5, 5.41) is 3.30. The number of ether oxygens (including phenoxy) is 2. The van der Waals surface area contributed by atoms with Crippen molar-refractivity contribution in [1.29, 1.82) is 0 Å². The number of methoxy groups -OCH3 is 2. The quantitative estimate of drug-likeness (QED) is 0.423. The largest absolute Gasteiger partial charge is 0.497 e. The molecule has 8 nitrogen and oxygen atoms in total. The van der Waals surface area contributed by atoms with Gasteiger partial charge in [0.2, 0.25) is 5.95 Å². The van der Waals surface area contributed by atoms with Crippen molar-refractivity contribution in [3.63, 3.8) is 0 Å². The zero-order chi connectivity index (χ0) is 25.3. The molecule has 36 heavy (non-hydrogen) atoms. The maximum absolute atomic E-state index is 12.2. The van der Waals surface area contributed by atoms with Gasteiger partial charge in [0.05, 0.1) is 7.11 Å². The van der Waals surface area contributed by atoms with Gasteiger partial charge in [-0.05, 0) is 48.5 Å². The first-order valence-electron chi connectivity index (χ1n) is 12.1. The molecule has 1 N–H and O–H groups in total. The summed E-state index contributed by atoms with van der Waals surface area (Å²) in [6.45, 7) is 7.58. The van der Waals surface area contributed by atoms with Crippen molar-refractivity contribution in [2.75, 3.05) is 63.8 Å². The van der Waals surface area contributed by atoms with Gasteiger partial charge in [-0.3, -0.25) is 4.79 Å². The summed E-state index contributed by atoms with van der Waals surface area (Å²) in [5.74, 6) is 1.05. The fourth-order valence-electron chi connectivity index (χ4n) is 4.12. The molecule has 1 fully saturated rings. The van der Waals surface area contributed by atoms with Crippen molar-refractivity contribution in [3.8, 4) is 5.75 Å². The van der Waals surface area contributed by atoms with E-state index in [1.165, 1.54) is 12.8 Å². The highest BCUT2D eigenvalue weighted by Crippen LogP contribution is 2.23. The minimum atomic E-state index is -0.0999. The van der Waals surface area contributed by atoms with Gasteiger partial charge in [-0.15, -0.1) is 0 Å². The Morgan fingerprint density at radius 2 is 1.75 bits per heavy atom. The van der Waals surface area contributed by atoms with Crippen molar-refractivity contribution in [3.05, 3.63) is 71.5 Å². The Hall–Kier alpha value is -3.75. The molecule has 0 bridgehead atoms. The first kappa shape index (κ1) is 25.3. The van der Waals surface area contributed by atoms with E-state index < -0.39 is 0 Å². The molecule has 2 heterocycles. The third-order valence-corrected chi connectivity index (χ3v) is 6.19. The van der Waals surface area contributed by atoms with Gasteiger partial charge < -0.3 is 24.6 Å². The molecule has 1 saturated heterocycles. The molecule has 0 aliphatic carbocycles. The lowest BCUT2D eigenvalue weighted by molar-refractivity contribution is 0.0847. The molecule has 2 aromatic carbocycles. The monoisotopic (exact) mass is 487 g/mol. The molecule has 4 rings (SSSR count). The highest BCUT2D eigenvalue weighted by atomic mass is 16.5. The number of likely N-dealkylation sites (N-methyl/N-ethyl adjacent to an activating group) is 1. The topological polar surface area (TPSA) is 79.8 Å². The van der Waals surface area contributed by atoms with E-state index in [-0.39, 0.29) is 12.4 Å². The molecule has 1 aromatic heterocycles. The maximum atomic E-state index is 12.2. The van der Waals surface area contributed by atoms with Crippen LogP contribution in [-0.2, 0) is 4.74 Å². The average molecular weight is 488 g/mol. The second-order valence-electron chi connectivity index (χ2n) is 8.62. The van der Waals surface area contributed by atoms with Crippen LogP contribution < -0.4 is 15.0 Å². The van der Waals surface area contributed by atoms with Gasteiger partial charge in [-0.1, -0.05) is 25.1 Å². The van der Waals surface area contributed by atoms with E-state index in [2.05, 4.69) is 50.2 Å². The smallest absolute Gasteiger partial charge is 0.227 e. The standard InChI is InChI=1S/C28H33N5O3/c1-4-32-10-12-33(13-11-32)25-7-5-6-24(17-25)31-28-29-18-22(19-30-28)9-8-21-14-23(27(34)20-35-2)16-26(15-21)36-3/h5-9,14-19H,4,10-13,20H2,1-3H3,(H,29,30,31)/b9-8+. The highest BCUT2D eigenvalue weighted by molar-refractivity contribution is 5.98. The number of hydrogen-bond donors (Lipinski definition) is 1. The zero-order valence-electron chi connectivity index (χ0n) is 21.1. The van der Waals surface area contributed by atoms with Crippen LogP contribution in [0.15, 0.2) is 54.9 Å². The highest BCUT2D eigenvalue weighted by Gasteiger charge is 2.16. The van der Waals surface area contributed by atoms with E-state index in [1.54, 1.807) is 25.6 Å². The Balaban J connectivity index is 1.41. The Morgan fingerprint density at radius 3 is 2.44 bits per heavy atom. The van der Waals surface area contributed by atoms with E-state index >= 15 is 0 Å². The van der Waals surface area contributed by atoms with Gasteiger partial charge in [0.1, 0.15) is 12.4 Å². The lowest BCUT2D eigenvalue weighted by atomic mass is 10.1. The number of carbonyl (C=O) groups is 1. The van der Waals surface area contributed by atoms with Crippen LogP contribution in [0.3, 0.4) is 0 Å². The fraction of sp³-hybridized carbons (Fsp3) is 0.321. The molecular weight excluding hydrogens is 454 g/mol. The SMILES string of the molecule is CCN1CCN(c2cccc(Nc3ncc(/C=C/c4cc(OC)cc(C(=O)COC)c4)cn3)c2)CC1. The van der Waals surface area contributed by atoms with Crippen LogP contribution in [0.25, 0.3) is 12.2 Å². The normalized spacial score (nSPS) is 14.2. The second-order valence-corrected chi connectivity index (χ2v) is 8.62. The second kappa shape index (κ2) is 12.3. The number of nitrogens with one attached hydrogen (secondary N) is 1. The van der Waals surface area contributed by atoms with Gasteiger partial charge in [0.25, 0.3) is 0 Å². The maximum Gasteiger partial charge on any atom is 0.227 e. The molecular formula is C28H33N5O3. The number of ketones is 1. The number of Topliss-reactive ketones (excluding diaryl/α,β-unsaturated/α-hetero) is 1. The number of carbonyl (C=O) groups excluding carboxylic acids is 1. The van der Waals surface area contributed by atoms with Crippen LogP contribution in [0.1, 0.15) is 28.4 Å². The summed E-state index contributed by atoms with van der Waals surface area (Å²) in [5.41, 5.74) is 4.39. The van der Waals surface area contributed by atoms with Crippen molar-refractivity contribution >= 4 is 35.3 Å². The molecule has 1 aliphatic rings. The molecule has 0 amide bonds. The number of nitrogens with zero attached hydrogens (tertiary/aromatic N) is 4. The minimum absolute atomic E-state index is 0.0248. The van der Waals surface area contributed by atoms with Crippen LogP contribution in [0.2, 0.25) is 0 Å². The van der Waals surface area contributed by atoms with Crippen molar-refractivity contribution in [2.24, 2.45) is 0 Å². The summed E-state index contributed by atoms with van der Waals surface area (Å²) < 4.78 is 10.3. The number of hydrogen-bond acceptors (Lipinski definition) is 8. The summed E-state index contributed by atoms with van der Waals surface area (Å²) >= 11 is 0. The third kappa shape index (κ3) is 6.68. The molecule has 8 heteroatoms. The van der Waals surface area contributed by atoms with E-state index in [0.29, 0.717) is 17.3 Å². The van der Waals surface area contributed by atoms with Crippen LogP contribution in [-0.4, -0.2) is 74.2 Å². The van der Waals surface area contributed by atoms with Gasteiger partial charge in [0.15, 0.2) is 5.78 Å². The molecule has 0 radical (unpaired) electrons. The molecule has 0 unspecified atom stereocenters. The van der Waals surface area contributed by atoms with Crippen LogP contribution in [0.5, 0.6) is 5.75 Å². The predicted octanol–water partition coefficient (Wildman–Crippen LogP) is 4.37. The molecule has 0 saturated carbocycles. The summed E-state index contributed by atoms with van der Waals surface area (Å²) in [7, 11) is 3.08. The minimum Gasteiger partial charge on any atom is -0.497 e. The number of piperazine rings is 1. The number of anilines is 3. The van der Waals surface area contributed by atoms with Crippen LogP contribution in [0, 0.1) is 0 Å². The fourth-order valence-corrected chi connectivity index (χ4v) is 4.12. The van der Waals surface area contributed by atoms with Crippen LogP contribution >= 0.6 is 0 Å². The van der Waals surface area contributed by atoms with Gasteiger partial charge >= 0.3 is 0 Å². The Labute approximate surface area is 212 Å². The number of aromatic nitrogens is 2. The molecule has 0 atom stereocenters. The van der Waals surface area contributed by atoms with Gasteiger partial charge in [-0.25, -0.2) is 9.97 Å². The Morgan fingerprint density at radius 1 is 1.00 bits per heavy atom.